The molecule has 5 nitrogen and oxygen atoms in total. The van der Waals surface area contributed by atoms with Gasteiger partial charge in [0.25, 0.3) is 0 Å². The van der Waals surface area contributed by atoms with Crippen molar-refractivity contribution in [2.75, 3.05) is 0 Å². The van der Waals surface area contributed by atoms with Crippen molar-refractivity contribution >= 4 is 11.8 Å². The molecule has 0 fully saturated rings. The van der Waals surface area contributed by atoms with Crippen molar-refractivity contribution in [1.29, 1.82) is 5.26 Å². The summed E-state index contributed by atoms with van der Waals surface area (Å²) in [5.74, 6) is -3.81. The first kappa shape index (κ1) is 16.6. The molecule has 2 atom stereocenters. The molecule has 0 aliphatic carbocycles. The lowest BCUT2D eigenvalue weighted by atomic mass is 9.98. The van der Waals surface area contributed by atoms with Gasteiger partial charge in [0.15, 0.2) is 11.6 Å². The highest BCUT2D eigenvalue weighted by atomic mass is 19.2. The number of hydrogen-bond acceptors (Lipinski definition) is 3. The second-order valence-electron chi connectivity index (χ2n) is 4.71. The van der Waals surface area contributed by atoms with Gasteiger partial charge < -0.3 is 11.1 Å². The lowest BCUT2D eigenvalue weighted by Crippen LogP contribution is -2.48. The van der Waals surface area contributed by atoms with E-state index < -0.39 is 35.4 Å². The number of rotatable bonds is 6. The maximum Gasteiger partial charge on any atom is 0.240 e. The summed E-state index contributed by atoms with van der Waals surface area (Å²) in [6.07, 6.45) is -0.167. The number of halogens is 2. The molecule has 0 saturated carbocycles. The van der Waals surface area contributed by atoms with E-state index in [1.807, 2.05) is 6.07 Å². The average molecular weight is 295 g/mol. The molecule has 0 saturated heterocycles. The van der Waals surface area contributed by atoms with E-state index in [4.69, 9.17) is 11.0 Å². The Kier molecular flexibility index (Phi) is 5.79. The van der Waals surface area contributed by atoms with Gasteiger partial charge in [-0.25, -0.2) is 8.78 Å². The van der Waals surface area contributed by atoms with Gasteiger partial charge in [-0.3, -0.25) is 9.59 Å². The molecule has 0 heterocycles. The molecule has 2 amide bonds. The molecule has 0 unspecified atom stereocenters. The quantitative estimate of drug-likeness (QED) is 0.820. The first-order chi connectivity index (χ1) is 9.85. The lowest BCUT2D eigenvalue weighted by molar-refractivity contribution is -0.128. The number of nitrogens with two attached hydrogens (primary N) is 1. The Morgan fingerprint density at radius 3 is 2.57 bits per heavy atom. The maximum atomic E-state index is 13.0. The maximum absolute atomic E-state index is 13.0. The largest absolute Gasteiger partial charge is 0.368 e. The van der Waals surface area contributed by atoms with Crippen molar-refractivity contribution in [3.8, 4) is 6.07 Å². The second-order valence-corrected chi connectivity index (χ2v) is 4.71. The summed E-state index contributed by atoms with van der Waals surface area (Å²) in [6.45, 7) is 1.61. The summed E-state index contributed by atoms with van der Waals surface area (Å²) in [5.41, 5.74) is 5.45. The highest BCUT2D eigenvalue weighted by Gasteiger charge is 2.24. The van der Waals surface area contributed by atoms with Crippen LogP contribution in [0.25, 0.3) is 0 Å². The Morgan fingerprint density at radius 1 is 1.38 bits per heavy atom. The highest BCUT2D eigenvalue weighted by molar-refractivity contribution is 5.87. The Morgan fingerprint density at radius 2 is 2.05 bits per heavy atom. The first-order valence-electron chi connectivity index (χ1n) is 6.24. The number of carbonyl (C=O) groups is 2. The number of benzene rings is 1. The molecule has 0 aliphatic heterocycles. The molecule has 1 rings (SSSR count). The number of carbonyl (C=O) groups excluding carboxylic acids is 2. The standard InChI is InChI=1S/C14H15F2N3O2/c1-8(4-5-17)13(14(18)21)19-12(20)7-9-2-3-10(15)11(16)6-9/h2-3,6,8,13H,4,7H2,1H3,(H2,18,21)(H,19,20)/t8-,13+/m0/s1. The van der Waals surface area contributed by atoms with Crippen LogP contribution in [0.4, 0.5) is 8.78 Å². The molecule has 0 bridgehead atoms. The fraction of sp³-hybridized carbons (Fsp3) is 0.357. The monoisotopic (exact) mass is 295 g/mol. The van der Waals surface area contributed by atoms with Gasteiger partial charge in [0.05, 0.1) is 12.5 Å². The molecule has 0 aromatic heterocycles. The summed E-state index contributed by atoms with van der Waals surface area (Å²) in [6, 6.07) is 4.01. The fourth-order valence-corrected chi connectivity index (χ4v) is 1.82. The minimum atomic E-state index is -1.05. The van der Waals surface area contributed by atoms with Crippen molar-refractivity contribution in [1.82, 2.24) is 5.32 Å². The van der Waals surface area contributed by atoms with Crippen molar-refractivity contribution < 1.29 is 18.4 Å². The highest BCUT2D eigenvalue weighted by Crippen LogP contribution is 2.11. The number of nitriles is 1. The molecule has 0 aliphatic rings. The Labute approximate surface area is 120 Å². The molecular formula is C14H15F2N3O2. The van der Waals surface area contributed by atoms with Crippen molar-refractivity contribution in [3.63, 3.8) is 0 Å². The predicted molar refractivity (Wildman–Crippen MR) is 70.6 cm³/mol. The van der Waals surface area contributed by atoms with Crippen LogP contribution >= 0.6 is 0 Å². The second kappa shape index (κ2) is 7.33. The van der Waals surface area contributed by atoms with Crippen LogP contribution < -0.4 is 11.1 Å². The van der Waals surface area contributed by atoms with Crippen molar-refractivity contribution in [2.24, 2.45) is 11.7 Å². The van der Waals surface area contributed by atoms with Gasteiger partial charge in [0, 0.05) is 6.42 Å². The van der Waals surface area contributed by atoms with E-state index in [2.05, 4.69) is 5.32 Å². The molecule has 1 aromatic carbocycles. The molecule has 3 N–H and O–H groups in total. The van der Waals surface area contributed by atoms with Gasteiger partial charge in [-0.15, -0.1) is 0 Å². The minimum Gasteiger partial charge on any atom is -0.368 e. The normalized spacial score (nSPS) is 13.0. The molecule has 0 spiro atoms. The van der Waals surface area contributed by atoms with Crippen molar-refractivity contribution in [3.05, 3.63) is 35.4 Å². The zero-order chi connectivity index (χ0) is 16.0. The zero-order valence-electron chi connectivity index (χ0n) is 11.4. The Balaban J connectivity index is 2.72. The Bertz CT molecular complexity index is 584. The molecule has 21 heavy (non-hydrogen) atoms. The van der Waals surface area contributed by atoms with Crippen LogP contribution in [0.5, 0.6) is 0 Å². The summed E-state index contributed by atoms with van der Waals surface area (Å²) in [4.78, 5) is 23.1. The molecule has 7 heteroatoms. The third-order valence-corrected chi connectivity index (χ3v) is 2.95. The van der Waals surface area contributed by atoms with Crippen LogP contribution in [0.2, 0.25) is 0 Å². The van der Waals surface area contributed by atoms with Crippen LogP contribution in [0, 0.1) is 28.9 Å². The summed E-state index contributed by atoms with van der Waals surface area (Å²) < 4.78 is 25.8. The number of hydrogen-bond donors (Lipinski definition) is 2. The van der Waals surface area contributed by atoms with Crippen LogP contribution in [0.3, 0.4) is 0 Å². The SMILES string of the molecule is C[C@@H](CC#N)[C@@H](NC(=O)Cc1ccc(F)c(F)c1)C(N)=O. The minimum absolute atomic E-state index is 0.0546. The zero-order valence-corrected chi connectivity index (χ0v) is 11.4. The van der Waals surface area contributed by atoms with Gasteiger partial charge in [0.2, 0.25) is 11.8 Å². The molecular weight excluding hydrogens is 280 g/mol. The topological polar surface area (TPSA) is 96.0 Å². The summed E-state index contributed by atoms with van der Waals surface area (Å²) in [5, 5.41) is 11.0. The molecule has 1 aromatic rings. The third-order valence-electron chi connectivity index (χ3n) is 2.95. The van der Waals surface area contributed by atoms with Crippen LogP contribution in [-0.4, -0.2) is 17.9 Å². The van der Waals surface area contributed by atoms with E-state index in [1.165, 1.54) is 6.07 Å². The van der Waals surface area contributed by atoms with Crippen LogP contribution in [-0.2, 0) is 16.0 Å². The van der Waals surface area contributed by atoms with E-state index in [1.54, 1.807) is 6.92 Å². The van der Waals surface area contributed by atoms with Crippen LogP contribution in [0.15, 0.2) is 18.2 Å². The van der Waals surface area contributed by atoms with E-state index in [0.717, 1.165) is 12.1 Å². The van der Waals surface area contributed by atoms with Gasteiger partial charge in [-0.1, -0.05) is 13.0 Å². The first-order valence-corrected chi connectivity index (χ1v) is 6.24. The number of primary amides is 1. The fourth-order valence-electron chi connectivity index (χ4n) is 1.82. The van der Waals surface area contributed by atoms with Crippen LogP contribution in [0.1, 0.15) is 18.9 Å². The molecule has 0 radical (unpaired) electrons. The third kappa shape index (κ3) is 4.84. The summed E-state index contributed by atoms with van der Waals surface area (Å²) >= 11 is 0. The smallest absolute Gasteiger partial charge is 0.240 e. The number of nitrogens with one attached hydrogen (secondary N) is 1. The number of nitrogens with zero attached hydrogens (tertiary/aromatic N) is 1. The van der Waals surface area contributed by atoms with Gasteiger partial charge >= 0.3 is 0 Å². The van der Waals surface area contributed by atoms with Gasteiger partial charge in [0.1, 0.15) is 6.04 Å². The van der Waals surface area contributed by atoms with E-state index in [0.29, 0.717) is 0 Å². The van der Waals surface area contributed by atoms with E-state index >= 15 is 0 Å². The lowest BCUT2D eigenvalue weighted by Gasteiger charge is -2.20. The molecule has 112 valence electrons. The predicted octanol–water partition coefficient (Wildman–Crippen LogP) is 1.03. The van der Waals surface area contributed by atoms with Gasteiger partial charge in [-0.2, -0.15) is 5.26 Å². The van der Waals surface area contributed by atoms with Gasteiger partial charge in [-0.05, 0) is 23.6 Å². The average Bonchev–Trinajstić information content (AvgIpc) is 2.40. The van der Waals surface area contributed by atoms with Crippen molar-refractivity contribution in [2.45, 2.75) is 25.8 Å². The van der Waals surface area contributed by atoms with E-state index in [-0.39, 0.29) is 18.4 Å². The Hall–Kier alpha value is -2.49. The summed E-state index contributed by atoms with van der Waals surface area (Å²) in [7, 11) is 0. The van der Waals surface area contributed by atoms with E-state index in [9.17, 15) is 18.4 Å². The number of amides is 2.